The van der Waals surface area contributed by atoms with Gasteiger partial charge in [-0.3, -0.25) is 0 Å². The summed E-state index contributed by atoms with van der Waals surface area (Å²) in [6, 6.07) is 0.172. The van der Waals surface area contributed by atoms with Gasteiger partial charge in [-0.05, 0) is 46.1 Å². The van der Waals surface area contributed by atoms with Crippen LogP contribution in [0, 0.1) is 0 Å². The summed E-state index contributed by atoms with van der Waals surface area (Å²) in [5, 5.41) is 9.11. The van der Waals surface area contributed by atoms with Gasteiger partial charge in [-0.2, -0.15) is 0 Å². The van der Waals surface area contributed by atoms with Crippen molar-refractivity contribution in [1.82, 2.24) is 4.90 Å². The van der Waals surface area contributed by atoms with Crippen molar-refractivity contribution in [1.29, 1.82) is 0 Å². The zero-order valence-corrected chi connectivity index (χ0v) is 8.99. The van der Waals surface area contributed by atoms with E-state index in [1.165, 1.54) is 0 Å². The lowest BCUT2D eigenvalue weighted by molar-refractivity contribution is 0.0934. The second-order valence-corrected chi connectivity index (χ2v) is 4.59. The van der Waals surface area contributed by atoms with Crippen molar-refractivity contribution in [2.24, 2.45) is 5.73 Å². The summed E-state index contributed by atoms with van der Waals surface area (Å²) in [5.74, 6) is 0. The summed E-state index contributed by atoms with van der Waals surface area (Å²) in [6.07, 6.45) is 2.93. The molecule has 1 heterocycles. The molecule has 4 nitrogen and oxygen atoms in total. The van der Waals surface area contributed by atoms with Gasteiger partial charge in [0.2, 0.25) is 0 Å². The van der Waals surface area contributed by atoms with Gasteiger partial charge in [0.15, 0.2) is 0 Å². The molecule has 0 radical (unpaired) electrons. The fourth-order valence-corrected chi connectivity index (χ4v) is 2.31. The normalized spacial score (nSPS) is 25.4. The summed E-state index contributed by atoms with van der Waals surface area (Å²) in [5.41, 5.74) is 5.23. The smallest absolute Gasteiger partial charge is 0.407 e. The van der Waals surface area contributed by atoms with E-state index >= 15 is 0 Å². The van der Waals surface area contributed by atoms with Crippen LogP contribution in [0.25, 0.3) is 0 Å². The van der Waals surface area contributed by atoms with Crippen molar-refractivity contribution in [2.45, 2.75) is 51.1 Å². The van der Waals surface area contributed by atoms with E-state index in [-0.39, 0.29) is 11.6 Å². The molecule has 1 fully saturated rings. The van der Waals surface area contributed by atoms with E-state index in [4.69, 9.17) is 10.8 Å². The Balaban J connectivity index is 2.64. The molecule has 1 atom stereocenters. The second-order valence-electron chi connectivity index (χ2n) is 4.59. The molecular weight excluding hydrogens is 180 g/mol. The molecule has 1 aliphatic rings. The van der Waals surface area contributed by atoms with Crippen LogP contribution in [-0.2, 0) is 0 Å². The lowest BCUT2D eigenvalue weighted by Gasteiger charge is -2.33. The van der Waals surface area contributed by atoms with Gasteiger partial charge in [0.25, 0.3) is 0 Å². The van der Waals surface area contributed by atoms with E-state index in [9.17, 15) is 4.79 Å². The Morgan fingerprint density at radius 2 is 2.29 bits per heavy atom. The Morgan fingerprint density at radius 3 is 2.79 bits per heavy atom. The maximum Gasteiger partial charge on any atom is 0.407 e. The molecular formula is C10H20N2O2. The number of rotatable bonds is 3. The van der Waals surface area contributed by atoms with Gasteiger partial charge in [0.1, 0.15) is 0 Å². The molecule has 0 aromatic rings. The number of hydrogen-bond donors (Lipinski definition) is 2. The fraction of sp³-hybridized carbons (Fsp3) is 0.900. The molecule has 1 amide bonds. The van der Waals surface area contributed by atoms with E-state index in [0.717, 1.165) is 25.7 Å². The Morgan fingerprint density at radius 1 is 1.64 bits per heavy atom. The van der Waals surface area contributed by atoms with Crippen molar-refractivity contribution < 1.29 is 9.90 Å². The monoisotopic (exact) mass is 200 g/mol. The van der Waals surface area contributed by atoms with E-state index in [1.807, 2.05) is 13.8 Å². The van der Waals surface area contributed by atoms with Gasteiger partial charge in [-0.1, -0.05) is 0 Å². The minimum absolute atomic E-state index is 0.172. The van der Waals surface area contributed by atoms with Gasteiger partial charge in [0.05, 0.1) is 0 Å². The predicted molar refractivity (Wildman–Crippen MR) is 55.3 cm³/mol. The number of nitrogens with zero attached hydrogens (tertiary/aromatic N) is 1. The summed E-state index contributed by atoms with van der Waals surface area (Å²) < 4.78 is 0. The molecule has 0 aromatic heterocycles. The number of hydrogen-bond acceptors (Lipinski definition) is 2. The molecule has 4 heteroatoms. The van der Waals surface area contributed by atoms with Crippen LogP contribution in [-0.4, -0.2) is 34.2 Å². The average molecular weight is 200 g/mol. The van der Waals surface area contributed by atoms with Crippen LogP contribution < -0.4 is 5.73 Å². The zero-order valence-electron chi connectivity index (χ0n) is 8.99. The van der Waals surface area contributed by atoms with Crippen LogP contribution in [0.3, 0.4) is 0 Å². The van der Waals surface area contributed by atoms with Crippen molar-refractivity contribution in [3.8, 4) is 0 Å². The summed E-state index contributed by atoms with van der Waals surface area (Å²) in [4.78, 5) is 12.7. The molecule has 1 rings (SSSR count). The summed E-state index contributed by atoms with van der Waals surface area (Å²) >= 11 is 0. The first-order valence-corrected chi connectivity index (χ1v) is 5.21. The Kier molecular flexibility index (Phi) is 3.37. The third-order valence-corrected chi connectivity index (χ3v) is 3.05. The highest BCUT2D eigenvalue weighted by molar-refractivity contribution is 5.67. The fourth-order valence-electron chi connectivity index (χ4n) is 2.31. The number of carboxylic acid groups (broad SMARTS) is 1. The lowest BCUT2D eigenvalue weighted by atomic mass is 10.0. The predicted octanol–water partition coefficient (Wildman–Crippen LogP) is 1.65. The summed E-state index contributed by atoms with van der Waals surface area (Å²) in [6.45, 7) is 4.62. The molecule has 1 saturated heterocycles. The van der Waals surface area contributed by atoms with Crippen LogP contribution in [0.5, 0.6) is 0 Å². The minimum atomic E-state index is -0.797. The molecule has 0 aliphatic carbocycles. The van der Waals surface area contributed by atoms with Crippen molar-refractivity contribution >= 4 is 6.09 Å². The van der Waals surface area contributed by atoms with Crippen LogP contribution in [0.2, 0.25) is 0 Å². The molecule has 0 spiro atoms. The number of carbonyl (C=O) groups is 1. The second kappa shape index (κ2) is 4.17. The largest absolute Gasteiger partial charge is 0.465 e. The van der Waals surface area contributed by atoms with Gasteiger partial charge < -0.3 is 15.7 Å². The van der Waals surface area contributed by atoms with Gasteiger partial charge in [-0.15, -0.1) is 0 Å². The number of likely N-dealkylation sites (tertiary alicyclic amines) is 1. The Labute approximate surface area is 85.1 Å². The standard InChI is InChI=1S/C10H20N2O2/c1-10(2)6-5-8(4-3-7-11)12(10)9(13)14/h8H,3-7,11H2,1-2H3,(H,13,14)/t8-/m0/s1. The van der Waals surface area contributed by atoms with Crippen molar-refractivity contribution in [3.05, 3.63) is 0 Å². The molecule has 0 bridgehead atoms. The van der Waals surface area contributed by atoms with Crippen LogP contribution in [0.4, 0.5) is 4.79 Å². The molecule has 3 N–H and O–H groups in total. The Bertz CT molecular complexity index is 216. The SMILES string of the molecule is CC1(C)CC[C@H](CCCN)N1C(=O)O. The van der Waals surface area contributed by atoms with Crippen LogP contribution >= 0.6 is 0 Å². The highest BCUT2D eigenvalue weighted by Crippen LogP contribution is 2.35. The number of amides is 1. The van der Waals surface area contributed by atoms with Crippen LogP contribution in [0.1, 0.15) is 39.5 Å². The first-order chi connectivity index (χ1) is 6.49. The Hall–Kier alpha value is -0.770. The first kappa shape index (κ1) is 11.3. The quantitative estimate of drug-likeness (QED) is 0.728. The molecule has 82 valence electrons. The van der Waals surface area contributed by atoms with Crippen molar-refractivity contribution in [3.63, 3.8) is 0 Å². The third-order valence-electron chi connectivity index (χ3n) is 3.05. The van der Waals surface area contributed by atoms with E-state index in [2.05, 4.69) is 0 Å². The first-order valence-electron chi connectivity index (χ1n) is 5.21. The van der Waals surface area contributed by atoms with Crippen LogP contribution in [0.15, 0.2) is 0 Å². The molecule has 0 unspecified atom stereocenters. The molecule has 0 saturated carbocycles. The maximum absolute atomic E-state index is 11.1. The molecule has 1 aliphatic heterocycles. The van der Waals surface area contributed by atoms with Gasteiger partial charge in [-0.25, -0.2) is 4.79 Å². The van der Waals surface area contributed by atoms with E-state index in [0.29, 0.717) is 6.54 Å². The molecule has 14 heavy (non-hydrogen) atoms. The zero-order chi connectivity index (χ0) is 10.8. The average Bonchev–Trinajstić information content (AvgIpc) is 2.37. The molecule has 0 aromatic carbocycles. The third kappa shape index (κ3) is 2.18. The number of nitrogens with two attached hydrogens (primary N) is 1. The topological polar surface area (TPSA) is 66.6 Å². The van der Waals surface area contributed by atoms with Crippen molar-refractivity contribution in [2.75, 3.05) is 6.54 Å². The highest BCUT2D eigenvalue weighted by Gasteiger charge is 2.41. The minimum Gasteiger partial charge on any atom is -0.465 e. The lowest BCUT2D eigenvalue weighted by Crippen LogP contribution is -2.46. The van der Waals surface area contributed by atoms with Gasteiger partial charge >= 0.3 is 6.09 Å². The van der Waals surface area contributed by atoms with E-state index in [1.54, 1.807) is 4.90 Å². The van der Waals surface area contributed by atoms with E-state index < -0.39 is 6.09 Å². The maximum atomic E-state index is 11.1. The highest BCUT2D eigenvalue weighted by atomic mass is 16.4. The van der Waals surface area contributed by atoms with Gasteiger partial charge in [0, 0.05) is 11.6 Å². The summed E-state index contributed by atoms with van der Waals surface area (Å²) in [7, 11) is 0.